The fourth-order valence-electron chi connectivity index (χ4n) is 1.73. The minimum Gasteiger partial charge on any atom is -0.481 e. The Morgan fingerprint density at radius 1 is 1.58 bits per heavy atom. The lowest BCUT2D eigenvalue weighted by Crippen LogP contribution is -2.48. The molecule has 0 aromatic carbocycles. The van der Waals surface area contributed by atoms with Gasteiger partial charge in [0.15, 0.2) is 0 Å². The second-order valence-electron chi connectivity index (χ2n) is 4.07. The predicted octanol–water partition coefficient (Wildman–Crippen LogP) is -1.08. The van der Waals surface area contributed by atoms with E-state index in [1.165, 1.54) is 9.70 Å². The molecule has 1 aromatic heterocycles. The first-order chi connectivity index (χ1) is 9.04. The zero-order chi connectivity index (χ0) is 13.8. The van der Waals surface area contributed by atoms with Gasteiger partial charge in [0.2, 0.25) is 0 Å². The van der Waals surface area contributed by atoms with E-state index >= 15 is 0 Å². The summed E-state index contributed by atoms with van der Waals surface area (Å²) in [5.41, 5.74) is 0. The number of amides is 2. The number of carbonyl (C=O) groups excluding carboxylic acids is 1. The number of rotatable bonds is 3. The van der Waals surface area contributed by atoms with Crippen molar-refractivity contribution >= 4 is 17.9 Å². The second-order valence-corrected chi connectivity index (χ2v) is 4.07. The van der Waals surface area contributed by atoms with Gasteiger partial charge in [-0.05, 0) is 5.21 Å². The van der Waals surface area contributed by atoms with Gasteiger partial charge in [-0.25, -0.2) is 4.79 Å². The van der Waals surface area contributed by atoms with Gasteiger partial charge in [0, 0.05) is 13.1 Å². The summed E-state index contributed by atoms with van der Waals surface area (Å²) in [5, 5.41) is 22.2. The number of aryl methyl sites for hydroxylation is 1. The quantitative estimate of drug-likeness (QED) is 0.716. The Hall–Kier alpha value is -2.23. The summed E-state index contributed by atoms with van der Waals surface area (Å²) < 4.78 is 5.27. The number of hydrogen-bond donors (Lipinski definition) is 2. The van der Waals surface area contributed by atoms with Crippen LogP contribution in [0.15, 0.2) is 0 Å². The zero-order valence-electron chi connectivity index (χ0n) is 10.3. The standard InChI is InChI=1S/C9H14N6O4/c1-14-12-8(11-13-14)10-9(18)15-2-3-19-6(5-15)4-7(16)17/h6H,2-5H2,1H3,(H,16,17)(H,10,12,18). The van der Waals surface area contributed by atoms with Crippen molar-refractivity contribution in [2.45, 2.75) is 12.5 Å². The summed E-state index contributed by atoms with van der Waals surface area (Å²) in [5.74, 6) is -0.850. The van der Waals surface area contributed by atoms with Crippen molar-refractivity contribution in [2.75, 3.05) is 25.0 Å². The van der Waals surface area contributed by atoms with Crippen LogP contribution in [-0.2, 0) is 16.6 Å². The van der Waals surface area contributed by atoms with Gasteiger partial charge in [-0.15, -0.1) is 5.10 Å². The third-order valence-corrected chi connectivity index (χ3v) is 2.56. The normalized spacial score (nSPS) is 19.2. The van der Waals surface area contributed by atoms with Gasteiger partial charge in [0.25, 0.3) is 5.95 Å². The number of carboxylic acids is 1. The van der Waals surface area contributed by atoms with E-state index < -0.39 is 18.1 Å². The molecule has 104 valence electrons. The maximum absolute atomic E-state index is 11.9. The van der Waals surface area contributed by atoms with Gasteiger partial charge in [-0.2, -0.15) is 4.80 Å². The highest BCUT2D eigenvalue weighted by molar-refractivity contribution is 5.87. The Kier molecular flexibility index (Phi) is 3.90. The summed E-state index contributed by atoms with van der Waals surface area (Å²) >= 11 is 0. The van der Waals surface area contributed by atoms with Gasteiger partial charge in [0.05, 0.1) is 26.2 Å². The molecule has 0 saturated carbocycles. The molecular weight excluding hydrogens is 256 g/mol. The average molecular weight is 270 g/mol. The Morgan fingerprint density at radius 3 is 3.00 bits per heavy atom. The number of aliphatic carboxylic acids is 1. The van der Waals surface area contributed by atoms with E-state index in [2.05, 4.69) is 20.7 Å². The molecular formula is C9H14N6O4. The molecule has 2 rings (SSSR count). The van der Waals surface area contributed by atoms with Gasteiger partial charge >= 0.3 is 12.0 Å². The Labute approximate surface area is 108 Å². The maximum atomic E-state index is 11.9. The SMILES string of the molecule is Cn1nnc(NC(=O)N2CCOC(CC(=O)O)C2)n1. The molecule has 10 heteroatoms. The number of aromatic nitrogens is 4. The lowest BCUT2D eigenvalue weighted by molar-refractivity contribution is -0.141. The monoisotopic (exact) mass is 270 g/mol. The fourth-order valence-corrected chi connectivity index (χ4v) is 1.73. The topological polar surface area (TPSA) is 122 Å². The fraction of sp³-hybridized carbons (Fsp3) is 0.667. The molecule has 1 aromatic rings. The molecule has 1 saturated heterocycles. The number of tetrazole rings is 1. The minimum atomic E-state index is -0.956. The first-order valence-corrected chi connectivity index (χ1v) is 5.68. The van der Waals surface area contributed by atoms with Crippen LogP contribution in [0.4, 0.5) is 10.7 Å². The van der Waals surface area contributed by atoms with Crippen molar-refractivity contribution < 1.29 is 19.4 Å². The van der Waals surface area contributed by atoms with Crippen LogP contribution in [-0.4, -0.2) is 68.0 Å². The average Bonchev–Trinajstić information content (AvgIpc) is 2.74. The smallest absolute Gasteiger partial charge is 0.324 e. The molecule has 2 amide bonds. The molecule has 0 radical (unpaired) electrons. The largest absolute Gasteiger partial charge is 0.481 e. The molecule has 19 heavy (non-hydrogen) atoms. The first-order valence-electron chi connectivity index (χ1n) is 5.68. The Bertz CT molecular complexity index is 475. The van der Waals surface area contributed by atoms with E-state index in [1.54, 1.807) is 7.05 Å². The highest BCUT2D eigenvalue weighted by Gasteiger charge is 2.26. The van der Waals surface area contributed by atoms with Crippen LogP contribution in [0, 0.1) is 0 Å². The number of morpholine rings is 1. The molecule has 1 unspecified atom stereocenters. The molecule has 10 nitrogen and oxygen atoms in total. The van der Waals surface area contributed by atoms with Gasteiger partial charge < -0.3 is 14.7 Å². The molecule has 1 atom stereocenters. The predicted molar refractivity (Wildman–Crippen MR) is 61.4 cm³/mol. The summed E-state index contributed by atoms with van der Waals surface area (Å²) in [7, 11) is 1.58. The number of nitrogens with one attached hydrogen (secondary N) is 1. The van der Waals surface area contributed by atoms with Crippen LogP contribution in [0.25, 0.3) is 0 Å². The van der Waals surface area contributed by atoms with Crippen LogP contribution in [0.2, 0.25) is 0 Å². The Balaban J connectivity index is 1.89. The summed E-state index contributed by atoms with van der Waals surface area (Å²) in [6.45, 7) is 0.917. The van der Waals surface area contributed by atoms with Crippen molar-refractivity contribution in [3.8, 4) is 0 Å². The molecule has 2 N–H and O–H groups in total. The molecule has 1 fully saturated rings. The first kappa shape index (κ1) is 13.2. The second kappa shape index (κ2) is 5.61. The van der Waals surface area contributed by atoms with E-state index in [1.807, 2.05) is 0 Å². The zero-order valence-corrected chi connectivity index (χ0v) is 10.3. The van der Waals surface area contributed by atoms with Crippen molar-refractivity contribution in [1.29, 1.82) is 0 Å². The number of urea groups is 1. The lowest BCUT2D eigenvalue weighted by Gasteiger charge is -2.31. The lowest BCUT2D eigenvalue weighted by atomic mass is 10.2. The Morgan fingerprint density at radius 2 is 2.37 bits per heavy atom. The summed E-state index contributed by atoms with van der Waals surface area (Å²) in [4.78, 5) is 25.2. The van der Waals surface area contributed by atoms with Crippen LogP contribution >= 0.6 is 0 Å². The molecule has 0 aliphatic carbocycles. The molecule has 1 aliphatic heterocycles. The highest BCUT2D eigenvalue weighted by Crippen LogP contribution is 2.10. The van der Waals surface area contributed by atoms with Crippen molar-refractivity contribution in [3.63, 3.8) is 0 Å². The number of anilines is 1. The van der Waals surface area contributed by atoms with E-state index in [0.717, 1.165) is 0 Å². The summed E-state index contributed by atoms with van der Waals surface area (Å²) in [6, 6.07) is -0.397. The van der Waals surface area contributed by atoms with Crippen molar-refractivity contribution in [3.05, 3.63) is 0 Å². The van der Waals surface area contributed by atoms with Crippen LogP contribution in [0.3, 0.4) is 0 Å². The van der Waals surface area contributed by atoms with E-state index in [9.17, 15) is 9.59 Å². The van der Waals surface area contributed by atoms with Crippen molar-refractivity contribution in [1.82, 2.24) is 25.1 Å². The number of nitrogens with zero attached hydrogens (tertiary/aromatic N) is 5. The van der Waals surface area contributed by atoms with Gasteiger partial charge in [-0.3, -0.25) is 10.1 Å². The molecule has 1 aliphatic rings. The van der Waals surface area contributed by atoms with E-state index in [4.69, 9.17) is 9.84 Å². The van der Waals surface area contributed by atoms with Gasteiger partial charge in [-0.1, -0.05) is 5.10 Å². The van der Waals surface area contributed by atoms with E-state index in [-0.39, 0.29) is 18.9 Å². The third-order valence-electron chi connectivity index (χ3n) is 2.56. The molecule has 0 bridgehead atoms. The van der Waals surface area contributed by atoms with Gasteiger partial charge in [0.1, 0.15) is 0 Å². The van der Waals surface area contributed by atoms with Crippen molar-refractivity contribution in [2.24, 2.45) is 7.05 Å². The summed E-state index contributed by atoms with van der Waals surface area (Å²) in [6.07, 6.45) is -0.625. The van der Waals surface area contributed by atoms with E-state index in [0.29, 0.717) is 13.2 Å². The number of hydrogen-bond acceptors (Lipinski definition) is 6. The third kappa shape index (κ3) is 3.61. The number of carboxylic acid groups (broad SMARTS) is 1. The maximum Gasteiger partial charge on any atom is 0.324 e. The van der Waals surface area contributed by atoms with Crippen LogP contribution in [0.5, 0.6) is 0 Å². The van der Waals surface area contributed by atoms with Crippen LogP contribution < -0.4 is 5.32 Å². The highest BCUT2D eigenvalue weighted by atomic mass is 16.5. The molecule has 0 spiro atoms. The minimum absolute atomic E-state index is 0.105. The van der Waals surface area contributed by atoms with Crippen LogP contribution in [0.1, 0.15) is 6.42 Å². The number of ether oxygens (including phenoxy) is 1. The number of carbonyl (C=O) groups is 2. The molecule has 2 heterocycles.